The fourth-order valence-corrected chi connectivity index (χ4v) is 2.25. The summed E-state index contributed by atoms with van der Waals surface area (Å²) in [4.78, 5) is 18.0. The van der Waals surface area contributed by atoms with E-state index in [1.54, 1.807) is 5.06 Å². The van der Waals surface area contributed by atoms with Gasteiger partial charge in [0.25, 0.3) is 5.91 Å². The summed E-state index contributed by atoms with van der Waals surface area (Å²) < 4.78 is 0. The third-order valence-electron chi connectivity index (χ3n) is 3.10. The second-order valence-electron chi connectivity index (χ2n) is 6.10. The Morgan fingerprint density at radius 2 is 1.94 bits per heavy atom. The lowest BCUT2D eigenvalue weighted by Crippen LogP contribution is -2.36. The van der Waals surface area contributed by atoms with E-state index in [2.05, 4.69) is 41.5 Å². The molecule has 0 spiro atoms. The topological polar surface area (TPSA) is 29.5 Å². The lowest BCUT2D eigenvalue weighted by Gasteiger charge is -2.30. The summed E-state index contributed by atoms with van der Waals surface area (Å²) in [5, 5.41) is 1.57. The molecule has 1 fully saturated rings. The zero-order chi connectivity index (χ0) is 12.5. The molecule has 0 N–H and O–H groups in total. The van der Waals surface area contributed by atoms with Crippen molar-refractivity contribution in [2.24, 2.45) is 17.3 Å². The summed E-state index contributed by atoms with van der Waals surface area (Å²) in [5.41, 5.74) is 0.00703. The molecule has 0 saturated carbocycles. The van der Waals surface area contributed by atoms with Crippen LogP contribution in [0.5, 0.6) is 0 Å². The Labute approximate surface area is 99.1 Å². The molecule has 1 amide bonds. The number of rotatable bonds is 3. The second kappa shape index (κ2) is 4.74. The van der Waals surface area contributed by atoms with Crippen LogP contribution in [-0.2, 0) is 9.63 Å². The average molecular weight is 227 g/mol. The molecule has 2 atom stereocenters. The smallest absolute Gasteiger partial charge is 0.252 e. The van der Waals surface area contributed by atoms with E-state index in [-0.39, 0.29) is 23.3 Å². The highest BCUT2D eigenvalue weighted by Crippen LogP contribution is 2.38. The molecule has 1 rings (SSSR count). The number of hydrogen-bond acceptors (Lipinski definition) is 2. The highest BCUT2D eigenvalue weighted by Gasteiger charge is 2.48. The van der Waals surface area contributed by atoms with E-state index >= 15 is 0 Å². The zero-order valence-corrected chi connectivity index (χ0v) is 11.4. The minimum atomic E-state index is 0.00606. The molecule has 1 aliphatic rings. The molecule has 1 saturated heterocycles. The van der Waals surface area contributed by atoms with Gasteiger partial charge in [-0.15, -0.1) is 0 Å². The van der Waals surface area contributed by atoms with Gasteiger partial charge in [-0.3, -0.25) is 9.63 Å². The van der Waals surface area contributed by atoms with Crippen LogP contribution in [0.15, 0.2) is 0 Å². The van der Waals surface area contributed by atoms with E-state index in [0.29, 0.717) is 12.5 Å². The minimum absolute atomic E-state index is 0.00606. The van der Waals surface area contributed by atoms with Gasteiger partial charge in [-0.2, -0.15) is 0 Å². The lowest BCUT2D eigenvalue weighted by molar-refractivity contribution is -0.186. The minimum Gasteiger partial charge on any atom is -0.272 e. The van der Waals surface area contributed by atoms with E-state index in [0.717, 1.165) is 6.42 Å². The maximum absolute atomic E-state index is 12.2. The summed E-state index contributed by atoms with van der Waals surface area (Å²) in [7, 11) is 0. The predicted octanol–water partition coefficient (Wildman–Crippen LogP) is 2.86. The molecule has 0 aromatic carbocycles. The molecule has 94 valence electrons. The van der Waals surface area contributed by atoms with E-state index in [4.69, 9.17) is 4.84 Å². The van der Waals surface area contributed by atoms with Crippen molar-refractivity contribution in [1.82, 2.24) is 5.06 Å². The number of nitrogens with zero attached hydrogens (tertiary/aromatic N) is 1. The first-order valence-electron chi connectivity index (χ1n) is 6.27. The first-order chi connectivity index (χ1) is 7.29. The molecule has 1 heterocycles. The molecule has 3 nitrogen and oxygen atoms in total. The van der Waals surface area contributed by atoms with Gasteiger partial charge in [0.1, 0.15) is 6.10 Å². The van der Waals surface area contributed by atoms with Crippen molar-refractivity contribution in [1.29, 1.82) is 0 Å². The van der Waals surface area contributed by atoms with Gasteiger partial charge in [0.15, 0.2) is 0 Å². The number of amides is 1. The van der Waals surface area contributed by atoms with Gasteiger partial charge in [0.05, 0.1) is 5.92 Å². The molecule has 3 heteroatoms. The number of hydroxylamine groups is 2. The fourth-order valence-electron chi connectivity index (χ4n) is 2.25. The van der Waals surface area contributed by atoms with Gasteiger partial charge in [0.2, 0.25) is 0 Å². The average Bonchev–Trinajstić information content (AvgIpc) is 2.44. The molecular weight excluding hydrogens is 202 g/mol. The van der Waals surface area contributed by atoms with Crippen molar-refractivity contribution in [2.45, 2.75) is 54.1 Å². The van der Waals surface area contributed by atoms with E-state index in [1.165, 1.54) is 0 Å². The highest BCUT2D eigenvalue weighted by molar-refractivity contribution is 5.80. The Kier molecular flexibility index (Phi) is 4.00. The Morgan fingerprint density at radius 3 is 2.25 bits per heavy atom. The number of carbonyl (C=O) groups excluding carboxylic acids is 1. The molecule has 16 heavy (non-hydrogen) atoms. The molecule has 0 aromatic heterocycles. The summed E-state index contributed by atoms with van der Waals surface area (Å²) in [6, 6.07) is 0. The maximum atomic E-state index is 12.2. The Hall–Kier alpha value is -0.570. The van der Waals surface area contributed by atoms with E-state index in [1.807, 2.05) is 0 Å². The standard InChI is InChI=1S/C13H25NO2/c1-7-8-14-12(15)10(9(2)3)11(16-14)13(4,5)6/h9-11H,7-8H2,1-6H3. The maximum Gasteiger partial charge on any atom is 0.252 e. The van der Waals surface area contributed by atoms with E-state index in [9.17, 15) is 4.79 Å². The molecular formula is C13H25NO2. The predicted molar refractivity (Wildman–Crippen MR) is 64.7 cm³/mol. The summed E-state index contributed by atoms with van der Waals surface area (Å²) in [5.74, 6) is 0.502. The monoisotopic (exact) mass is 227 g/mol. The Morgan fingerprint density at radius 1 is 1.38 bits per heavy atom. The SMILES string of the molecule is CCCN1OC(C(C)(C)C)C(C(C)C)C1=O. The number of carbonyl (C=O) groups is 1. The van der Waals surface area contributed by atoms with Crippen LogP contribution in [0.1, 0.15) is 48.0 Å². The van der Waals surface area contributed by atoms with Crippen molar-refractivity contribution < 1.29 is 9.63 Å². The third kappa shape index (κ3) is 2.57. The molecule has 0 bridgehead atoms. The molecule has 0 aromatic rings. The fraction of sp³-hybridized carbons (Fsp3) is 0.923. The Bertz CT molecular complexity index is 255. The van der Waals surface area contributed by atoms with Crippen LogP contribution in [0.25, 0.3) is 0 Å². The number of hydrogen-bond donors (Lipinski definition) is 0. The first kappa shape index (κ1) is 13.5. The molecule has 0 aliphatic carbocycles. The van der Waals surface area contributed by atoms with Crippen molar-refractivity contribution in [3.05, 3.63) is 0 Å². The second-order valence-corrected chi connectivity index (χ2v) is 6.10. The van der Waals surface area contributed by atoms with Gasteiger partial charge in [-0.1, -0.05) is 41.5 Å². The summed E-state index contributed by atoms with van der Waals surface area (Å²) in [6.45, 7) is 13.4. The van der Waals surface area contributed by atoms with Crippen molar-refractivity contribution in [2.75, 3.05) is 6.54 Å². The third-order valence-corrected chi connectivity index (χ3v) is 3.10. The summed E-state index contributed by atoms with van der Waals surface area (Å²) >= 11 is 0. The zero-order valence-electron chi connectivity index (χ0n) is 11.4. The molecule has 1 aliphatic heterocycles. The van der Waals surface area contributed by atoms with Crippen LogP contribution in [-0.4, -0.2) is 23.6 Å². The van der Waals surface area contributed by atoms with Gasteiger partial charge in [-0.25, -0.2) is 5.06 Å². The van der Waals surface area contributed by atoms with Crippen LogP contribution in [0.3, 0.4) is 0 Å². The van der Waals surface area contributed by atoms with Crippen LogP contribution >= 0.6 is 0 Å². The lowest BCUT2D eigenvalue weighted by atomic mass is 9.77. The van der Waals surface area contributed by atoms with Crippen molar-refractivity contribution in [3.63, 3.8) is 0 Å². The van der Waals surface area contributed by atoms with Gasteiger partial charge < -0.3 is 0 Å². The molecule has 2 unspecified atom stereocenters. The van der Waals surface area contributed by atoms with Crippen LogP contribution in [0, 0.1) is 17.3 Å². The highest BCUT2D eigenvalue weighted by atomic mass is 16.7. The van der Waals surface area contributed by atoms with E-state index < -0.39 is 0 Å². The van der Waals surface area contributed by atoms with Crippen LogP contribution in [0.4, 0.5) is 0 Å². The largest absolute Gasteiger partial charge is 0.272 e. The quantitative estimate of drug-likeness (QED) is 0.742. The van der Waals surface area contributed by atoms with Crippen molar-refractivity contribution in [3.8, 4) is 0 Å². The van der Waals surface area contributed by atoms with Gasteiger partial charge in [0, 0.05) is 6.54 Å². The van der Waals surface area contributed by atoms with Crippen LogP contribution in [0.2, 0.25) is 0 Å². The van der Waals surface area contributed by atoms with Crippen molar-refractivity contribution >= 4 is 5.91 Å². The van der Waals surface area contributed by atoms with Gasteiger partial charge in [-0.05, 0) is 17.8 Å². The first-order valence-corrected chi connectivity index (χ1v) is 6.27. The normalized spacial score (nSPS) is 26.9. The Balaban J connectivity index is 2.89. The van der Waals surface area contributed by atoms with Gasteiger partial charge >= 0.3 is 0 Å². The molecule has 0 radical (unpaired) electrons. The summed E-state index contributed by atoms with van der Waals surface area (Å²) in [6.07, 6.45) is 0.944. The van der Waals surface area contributed by atoms with Crippen LogP contribution < -0.4 is 0 Å².